The molecule has 0 atom stereocenters. The summed E-state index contributed by atoms with van der Waals surface area (Å²) >= 11 is 3.40. The van der Waals surface area contributed by atoms with E-state index < -0.39 is 0 Å². The average Bonchev–Trinajstić information content (AvgIpc) is 2.41. The summed E-state index contributed by atoms with van der Waals surface area (Å²) in [5.74, 6) is 0. The first kappa shape index (κ1) is 11.3. The maximum atomic E-state index is 5.57. The minimum atomic E-state index is 0.538. The Morgan fingerprint density at radius 1 is 1.06 bits per heavy atom. The molecule has 1 aliphatic rings. The number of halogens is 1. The molecular formula is C14H11BrN2O. The van der Waals surface area contributed by atoms with E-state index in [1.54, 1.807) is 0 Å². The van der Waals surface area contributed by atoms with Gasteiger partial charge in [0.15, 0.2) is 0 Å². The van der Waals surface area contributed by atoms with Gasteiger partial charge in [-0.05, 0) is 30.3 Å². The first-order valence-electron chi connectivity index (χ1n) is 5.63. The molecule has 2 aromatic carbocycles. The lowest BCUT2D eigenvalue weighted by Crippen LogP contribution is -2.18. The zero-order chi connectivity index (χ0) is 12.4. The van der Waals surface area contributed by atoms with Crippen molar-refractivity contribution in [1.82, 2.24) is 0 Å². The van der Waals surface area contributed by atoms with Crippen LogP contribution in [0.4, 0.5) is 11.4 Å². The fourth-order valence-corrected chi connectivity index (χ4v) is 2.01. The molecule has 0 unspecified atom stereocenters. The molecule has 0 aliphatic carbocycles. The van der Waals surface area contributed by atoms with Gasteiger partial charge in [0.05, 0.1) is 5.69 Å². The zero-order valence-electron chi connectivity index (χ0n) is 9.56. The Balaban J connectivity index is 1.83. The summed E-state index contributed by atoms with van der Waals surface area (Å²) < 4.78 is 6.61. The second kappa shape index (κ2) is 4.82. The van der Waals surface area contributed by atoms with Gasteiger partial charge < -0.3 is 10.1 Å². The molecule has 18 heavy (non-hydrogen) atoms. The predicted octanol–water partition coefficient (Wildman–Crippen LogP) is 4.08. The summed E-state index contributed by atoms with van der Waals surface area (Å²) in [6, 6.07) is 16.4. The van der Waals surface area contributed by atoms with E-state index in [9.17, 15) is 0 Å². The first-order chi connectivity index (χ1) is 8.81. The SMILES string of the molecule is Brc1ccc(NC2=Nc3ccccc3CO2)cc1. The van der Waals surface area contributed by atoms with Crippen LogP contribution in [0.1, 0.15) is 5.56 Å². The number of anilines is 1. The minimum Gasteiger partial charge on any atom is -0.460 e. The van der Waals surface area contributed by atoms with Crippen molar-refractivity contribution in [2.45, 2.75) is 6.61 Å². The van der Waals surface area contributed by atoms with Crippen LogP contribution in [-0.2, 0) is 11.3 Å². The number of rotatable bonds is 1. The Hall–Kier alpha value is -1.81. The molecule has 1 heterocycles. The van der Waals surface area contributed by atoms with Gasteiger partial charge in [0.2, 0.25) is 0 Å². The Bertz CT molecular complexity index is 593. The first-order valence-corrected chi connectivity index (χ1v) is 6.42. The summed E-state index contributed by atoms with van der Waals surface area (Å²) in [6.07, 6.45) is 0. The van der Waals surface area contributed by atoms with Gasteiger partial charge in [-0.25, -0.2) is 0 Å². The lowest BCUT2D eigenvalue weighted by molar-refractivity contribution is 0.286. The molecule has 0 saturated heterocycles. The number of para-hydroxylation sites is 1. The lowest BCUT2D eigenvalue weighted by Gasteiger charge is -2.17. The lowest BCUT2D eigenvalue weighted by atomic mass is 10.2. The highest BCUT2D eigenvalue weighted by Crippen LogP contribution is 2.24. The van der Waals surface area contributed by atoms with Gasteiger partial charge in [0.25, 0.3) is 6.02 Å². The van der Waals surface area contributed by atoms with Crippen LogP contribution in [0.2, 0.25) is 0 Å². The van der Waals surface area contributed by atoms with Crippen LogP contribution >= 0.6 is 15.9 Å². The third-order valence-electron chi connectivity index (χ3n) is 2.67. The summed E-state index contributed by atoms with van der Waals surface area (Å²) in [5, 5.41) is 3.16. The average molecular weight is 303 g/mol. The molecule has 0 aromatic heterocycles. The van der Waals surface area contributed by atoms with Crippen molar-refractivity contribution in [3.05, 3.63) is 58.6 Å². The van der Waals surface area contributed by atoms with Gasteiger partial charge in [-0.2, -0.15) is 4.99 Å². The van der Waals surface area contributed by atoms with Crippen molar-refractivity contribution < 1.29 is 4.74 Å². The topological polar surface area (TPSA) is 33.6 Å². The van der Waals surface area contributed by atoms with Crippen molar-refractivity contribution in [3.8, 4) is 0 Å². The molecule has 90 valence electrons. The number of nitrogens with zero attached hydrogens (tertiary/aromatic N) is 1. The van der Waals surface area contributed by atoms with Gasteiger partial charge in [0, 0.05) is 15.7 Å². The molecule has 1 aliphatic heterocycles. The predicted molar refractivity (Wildman–Crippen MR) is 76.1 cm³/mol. The summed E-state index contributed by atoms with van der Waals surface area (Å²) in [5.41, 5.74) is 3.03. The highest BCUT2D eigenvalue weighted by atomic mass is 79.9. The van der Waals surface area contributed by atoms with E-state index in [0.717, 1.165) is 21.4 Å². The van der Waals surface area contributed by atoms with Gasteiger partial charge in [-0.1, -0.05) is 34.1 Å². The van der Waals surface area contributed by atoms with Crippen LogP contribution in [0.15, 0.2) is 58.0 Å². The molecule has 0 amide bonds. The molecule has 0 fully saturated rings. The fourth-order valence-electron chi connectivity index (χ4n) is 1.75. The van der Waals surface area contributed by atoms with E-state index in [0.29, 0.717) is 12.6 Å². The molecule has 0 radical (unpaired) electrons. The molecule has 3 rings (SSSR count). The molecule has 1 N–H and O–H groups in total. The third kappa shape index (κ3) is 2.38. The van der Waals surface area contributed by atoms with Crippen molar-refractivity contribution in [3.63, 3.8) is 0 Å². The van der Waals surface area contributed by atoms with Gasteiger partial charge in [-0.3, -0.25) is 0 Å². The Morgan fingerprint density at radius 3 is 2.67 bits per heavy atom. The van der Waals surface area contributed by atoms with Crippen molar-refractivity contribution >= 4 is 33.3 Å². The maximum Gasteiger partial charge on any atom is 0.294 e. The normalized spacial score (nSPS) is 13.3. The number of hydrogen-bond donors (Lipinski definition) is 1. The number of aliphatic imine (C=N–C) groups is 1. The number of hydrogen-bond acceptors (Lipinski definition) is 3. The van der Waals surface area contributed by atoms with Crippen LogP contribution in [0.3, 0.4) is 0 Å². The number of ether oxygens (including phenoxy) is 1. The van der Waals surface area contributed by atoms with E-state index >= 15 is 0 Å². The quantitative estimate of drug-likeness (QED) is 0.861. The van der Waals surface area contributed by atoms with Crippen molar-refractivity contribution in [2.24, 2.45) is 4.99 Å². The smallest absolute Gasteiger partial charge is 0.294 e. The highest BCUT2D eigenvalue weighted by Gasteiger charge is 2.12. The molecule has 3 nitrogen and oxygen atoms in total. The second-order valence-electron chi connectivity index (χ2n) is 3.97. The highest BCUT2D eigenvalue weighted by molar-refractivity contribution is 9.10. The van der Waals surface area contributed by atoms with E-state index in [4.69, 9.17) is 4.74 Å². The summed E-state index contributed by atoms with van der Waals surface area (Å²) in [6.45, 7) is 0.554. The van der Waals surface area contributed by atoms with Crippen LogP contribution in [0.25, 0.3) is 0 Å². The molecule has 4 heteroatoms. The standard InChI is InChI=1S/C14H11BrN2O/c15-11-5-7-12(8-6-11)16-14-17-13-4-2-1-3-10(13)9-18-14/h1-8H,9H2,(H,16,17). The van der Waals surface area contributed by atoms with Crippen molar-refractivity contribution in [2.75, 3.05) is 5.32 Å². The Labute approximate surface area is 114 Å². The van der Waals surface area contributed by atoms with Crippen molar-refractivity contribution in [1.29, 1.82) is 0 Å². The zero-order valence-corrected chi connectivity index (χ0v) is 11.1. The van der Waals surface area contributed by atoms with E-state index in [2.05, 4.69) is 26.2 Å². The van der Waals surface area contributed by atoms with Crippen LogP contribution in [0, 0.1) is 0 Å². The monoisotopic (exact) mass is 302 g/mol. The van der Waals surface area contributed by atoms with Gasteiger partial charge >= 0.3 is 0 Å². The molecule has 0 bridgehead atoms. The number of benzene rings is 2. The summed E-state index contributed by atoms with van der Waals surface area (Å²) in [7, 11) is 0. The van der Waals surface area contributed by atoms with E-state index in [1.165, 1.54) is 0 Å². The molecular weight excluding hydrogens is 292 g/mol. The molecule has 0 spiro atoms. The minimum absolute atomic E-state index is 0.538. The van der Waals surface area contributed by atoms with Gasteiger partial charge in [0.1, 0.15) is 6.61 Å². The fraction of sp³-hybridized carbons (Fsp3) is 0.0714. The second-order valence-corrected chi connectivity index (χ2v) is 4.88. The van der Waals surface area contributed by atoms with Crippen LogP contribution in [0.5, 0.6) is 0 Å². The third-order valence-corrected chi connectivity index (χ3v) is 3.20. The molecule has 0 saturated carbocycles. The molecule has 2 aromatic rings. The van der Waals surface area contributed by atoms with Crippen LogP contribution < -0.4 is 5.32 Å². The van der Waals surface area contributed by atoms with Crippen LogP contribution in [-0.4, -0.2) is 6.02 Å². The summed E-state index contributed by atoms with van der Waals surface area (Å²) in [4.78, 5) is 4.43. The Kier molecular flexibility index (Phi) is 3.02. The number of fused-ring (bicyclic) bond motifs is 1. The Morgan fingerprint density at radius 2 is 1.83 bits per heavy atom. The number of nitrogens with one attached hydrogen (secondary N) is 1. The van der Waals surface area contributed by atoms with E-state index in [1.807, 2.05) is 48.5 Å². The number of amidine groups is 1. The maximum absolute atomic E-state index is 5.57. The largest absolute Gasteiger partial charge is 0.460 e. The van der Waals surface area contributed by atoms with E-state index in [-0.39, 0.29) is 0 Å². The van der Waals surface area contributed by atoms with Gasteiger partial charge in [-0.15, -0.1) is 0 Å².